The Labute approximate surface area is 164 Å². The average molecular weight is 388 g/mol. The van der Waals surface area contributed by atoms with Crippen LogP contribution in [0.4, 0.5) is 0 Å². The number of esters is 1. The maximum Gasteiger partial charge on any atom is 0.338 e. The predicted molar refractivity (Wildman–Crippen MR) is 95.2 cm³/mol. The summed E-state index contributed by atoms with van der Waals surface area (Å²) < 4.78 is 18.9. The first-order chi connectivity index (χ1) is 13.2. The second-order valence-corrected chi connectivity index (χ2v) is 11.0. The van der Waals surface area contributed by atoms with Gasteiger partial charge in [0, 0.05) is 17.8 Å². The minimum Gasteiger partial charge on any atom is -0.463 e. The number of hydrogen-bond acceptors (Lipinski definition) is 6. The Morgan fingerprint density at radius 1 is 1.07 bits per heavy atom. The van der Waals surface area contributed by atoms with E-state index in [-0.39, 0.29) is 34.6 Å². The molecule has 6 heteroatoms. The van der Waals surface area contributed by atoms with E-state index in [1.807, 2.05) is 6.92 Å². The number of fused-ring (bicyclic) bond motifs is 1. The maximum atomic E-state index is 13.2. The van der Waals surface area contributed by atoms with Crippen LogP contribution in [0.15, 0.2) is 0 Å². The fourth-order valence-corrected chi connectivity index (χ4v) is 9.26. The normalized spacial score (nSPS) is 65.8. The molecule has 0 aromatic rings. The van der Waals surface area contributed by atoms with E-state index in [0.717, 1.165) is 32.1 Å². The minimum atomic E-state index is -0.836. The number of Topliss-reactive ketones (excluding diaryl/α,β-unsaturated/α-hetero) is 1. The lowest BCUT2D eigenvalue weighted by atomic mass is 9.52. The third kappa shape index (κ3) is 1.28. The Balaban J connectivity index is 1.42. The van der Waals surface area contributed by atoms with Crippen molar-refractivity contribution >= 4 is 11.8 Å². The molecule has 152 valence electrons. The molecule has 2 bridgehead atoms. The molecule has 4 heterocycles. The Bertz CT molecular complexity index is 856. The zero-order valence-electron chi connectivity index (χ0n) is 16.6. The molecule has 0 aromatic carbocycles. The van der Waals surface area contributed by atoms with Crippen molar-refractivity contribution in [2.45, 2.75) is 93.7 Å². The number of ketones is 1. The molecule has 3 saturated carbocycles. The second-order valence-electron chi connectivity index (χ2n) is 11.0. The second kappa shape index (κ2) is 4.23. The van der Waals surface area contributed by atoms with E-state index in [4.69, 9.17) is 14.2 Å². The van der Waals surface area contributed by atoms with E-state index >= 15 is 0 Å². The topological polar surface area (TPSA) is 82.1 Å². The Hall–Kier alpha value is -0.980. The van der Waals surface area contributed by atoms with Crippen molar-refractivity contribution in [3.05, 3.63) is 0 Å². The first kappa shape index (κ1) is 16.8. The van der Waals surface area contributed by atoms with Crippen LogP contribution in [0, 0.1) is 22.7 Å². The number of aliphatic hydroxyl groups excluding tert-OH is 1. The summed E-state index contributed by atoms with van der Waals surface area (Å²) >= 11 is 0. The van der Waals surface area contributed by atoms with Crippen molar-refractivity contribution in [1.29, 1.82) is 0 Å². The fraction of sp³-hybridized carbons (Fsp3) is 0.909. The third-order valence-electron chi connectivity index (χ3n) is 10.4. The Morgan fingerprint density at radius 2 is 1.89 bits per heavy atom. The van der Waals surface area contributed by atoms with Gasteiger partial charge in [0.25, 0.3) is 0 Å². The van der Waals surface area contributed by atoms with Crippen molar-refractivity contribution in [2.24, 2.45) is 22.7 Å². The molecule has 7 fully saturated rings. The van der Waals surface area contributed by atoms with E-state index in [0.29, 0.717) is 25.9 Å². The molecule has 0 radical (unpaired) electrons. The van der Waals surface area contributed by atoms with Gasteiger partial charge in [-0.2, -0.15) is 0 Å². The lowest BCUT2D eigenvalue weighted by Gasteiger charge is -2.59. The number of aliphatic hydroxyl groups is 1. The van der Waals surface area contributed by atoms with Gasteiger partial charge in [0.05, 0.1) is 29.3 Å². The van der Waals surface area contributed by atoms with Crippen LogP contribution in [-0.4, -0.2) is 52.0 Å². The summed E-state index contributed by atoms with van der Waals surface area (Å²) in [7, 11) is 0. The molecular weight excluding hydrogens is 360 g/mol. The lowest BCUT2D eigenvalue weighted by molar-refractivity contribution is -0.281. The van der Waals surface area contributed by atoms with Crippen molar-refractivity contribution in [2.75, 3.05) is 6.61 Å². The molecule has 9 atom stereocenters. The van der Waals surface area contributed by atoms with Gasteiger partial charge in [0.15, 0.2) is 11.4 Å². The number of rotatable bonds is 0. The zero-order valence-corrected chi connectivity index (χ0v) is 16.6. The summed E-state index contributed by atoms with van der Waals surface area (Å²) in [6.45, 7) is 4.60. The van der Waals surface area contributed by atoms with Crippen molar-refractivity contribution in [1.82, 2.24) is 0 Å². The molecule has 7 rings (SSSR count). The van der Waals surface area contributed by atoms with Gasteiger partial charge in [-0.15, -0.1) is 0 Å². The summed E-state index contributed by atoms with van der Waals surface area (Å²) in [6.07, 6.45) is 5.72. The third-order valence-corrected chi connectivity index (χ3v) is 10.4. The van der Waals surface area contributed by atoms with Gasteiger partial charge in [0.2, 0.25) is 0 Å². The summed E-state index contributed by atoms with van der Waals surface area (Å²) in [4.78, 5) is 25.8. The number of ether oxygens (including phenoxy) is 3. The van der Waals surface area contributed by atoms with Crippen LogP contribution < -0.4 is 0 Å². The van der Waals surface area contributed by atoms with Crippen LogP contribution in [0.3, 0.4) is 0 Å². The number of hydrogen-bond donors (Lipinski definition) is 1. The molecule has 4 saturated heterocycles. The van der Waals surface area contributed by atoms with Gasteiger partial charge >= 0.3 is 5.97 Å². The SMILES string of the molecule is CC1CC(O)C2C3(C)C(=O)C34CCCC3(CC23C12CCC1(CCOC1=O)O2)O4. The largest absolute Gasteiger partial charge is 0.463 e. The fourth-order valence-electron chi connectivity index (χ4n) is 9.26. The highest BCUT2D eigenvalue weighted by atomic mass is 16.6. The molecule has 28 heavy (non-hydrogen) atoms. The number of carbonyl (C=O) groups is 2. The Morgan fingerprint density at radius 3 is 2.64 bits per heavy atom. The molecule has 1 N–H and O–H groups in total. The Kier molecular flexibility index (Phi) is 2.54. The van der Waals surface area contributed by atoms with Crippen LogP contribution >= 0.6 is 0 Å². The first-order valence-electron chi connectivity index (χ1n) is 11.0. The van der Waals surface area contributed by atoms with Crippen LogP contribution in [0.5, 0.6) is 0 Å². The summed E-state index contributed by atoms with van der Waals surface area (Å²) in [6, 6.07) is 0. The van der Waals surface area contributed by atoms with Gasteiger partial charge in [-0.05, 0) is 57.8 Å². The molecule has 0 amide bonds. The highest BCUT2D eigenvalue weighted by Crippen LogP contribution is 2.89. The first-order valence-corrected chi connectivity index (χ1v) is 11.0. The summed E-state index contributed by atoms with van der Waals surface area (Å²) in [5.41, 5.74) is -3.39. The molecule has 0 aromatic heterocycles. The minimum absolute atomic E-state index is 0.112. The van der Waals surface area contributed by atoms with Crippen molar-refractivity contribution in [3.8, 4) is 0 Å². The van der Waals surface area contributed by atoms with Gasteiger partial charge in [-0.25, -0.2) is 4.79 Å². The molecule has 3 aliphatic carbocycles. The van der Waals surface area contributed by atoms with Crippen LogP contribution in [0.2, 0.25) is 0 Å². The molecule has 6 nitrogen and oxygen atoms in total. The zero-order chi connectivity index (χ0) is 19.4. The average Bonchev–Trinajstić information content (AvgIpc) is 3.18. The van der Waals surface area contributed by atoms with Crippen LogP contribution in [-0.2, 0) is 23.8 Å². The van der Waals surface area contributed by atoms with Crippen LogP contribution in [0.25, 0.3) is 0 Å². The van der Waals surface area contributed by atoms with E-state index < -0.39 is 28.3 Å². The molecule has 4 aliphatic heterocycles. The van der Waals surface area contributed by atoms with E-state index in [2.05, 4.69) is 6.92 Å². The molecule has 9 unspecified atom stereocenters. The lowest BCUT2D eigenvalue weighted by Crippen LogP contribution is -2.66. The maximum absolute atomic E-state index is 13.2. The van der Waals surface area contributed by atoms with Crippen molar-refractivity contribution < 1.29 is 28.9 Å². The van der Waals surface area contributed by atoms with Gasteiger partial charge < -0.3 is 19.3 Å². The van der Waals surface area contributed by atoms with Gasteiger partial charge in [0.1, 0.15) is 5.60 Å². The smallest absolute Gasteiger partial charge is 0.338 e. The van der Waals surface area contributed by atoms with E-state index in [9.17, 15) is 14.7 Å². The molecule has 5 spiro atoms. The predicted octanol–water partition coefficient (Wildman–Crippen LogP) is 1.91. The van der Waals surface area contributed by atoms with E-state index in [1.54, 1.807) is 0 Å². The monoisotopic (exact) mass is 388 g/mol. The number of carbonyl (C=O) groups excluding carboxylic acids is 2. The quantitative estimate of drug-likeness (QED) is 0.639. The standard InChI is InChI=1S/C22H28O6/c1-12-10-13(23)14-17(2)15(24)22(17)5-3-4-19(28-22)11-20(14,19)21(12)7-6-18(27-21)8-9-26-16(18)25/h12-14,23H,3-11H2,1-2H3. The highest BCUT2D eigenvalue weighted by Gasteiger charge is 2.98. The van der Waals surface area contributed by atoms with Crippen molar-refractivity contribution in [3.63, 3.8) is 0 Å². The molecule has 7 aliphatic rings. The number of cyclic esters (lactones) is 1. The van der Waals surface area contributed by atoms with E-state index in [1.165, 1.54) is 0 Å². The summed E-state index contributed by atoms with van der Waals surface area (Å²) in [5.74, 6) is -0.0622. The molecular formula is C22H28O6. The van der Waals surface area contributed by atoms with Crippen LogP contribution in [0.1, 0.15) is 65.2 Å². The summed E-state index contributed by atoms with van der Waals surface area (Å²) in [5, 5.41) is 11.3. The van der Waals surface area contributed by atoms with Gasteiger partial charge in [-0.3, -0.25) is 4.79 Å². The van der Waals surface area contributed by atoms with Gasteiger partial charge in [-0.1, -0.05) is 6.92 Å². The highest BCUT2D eigenvalue weighted by molar-refractivity contribution is 6.12.